The van der Waals surface area contributed by atoms with Crippen molar-refractivity contribution in [3.8, 4) is 0 Å². The lowest BCUT2D eigenvalue weighted by Gasteiger charge is -2.47. The molecule has 0 saturated carbocycles. The lowest BCUT2D eigenvalue weighted by molar-refractivity contribution is 0.0605. The summed E-state index contributed by atoms with van der Waals surface area (Å²) in [6.45, 7) is 9.78. The van der Waals surface area contributed by atoms with Crippen LogP contribution in [-0.2, 0) is 6.54 Å². The number of para-hydroxylation sites is 1. The molecule has 0 radical (unpaired) electrons. The van der Waals surface area contributed by atoms with Gasteiger partial charge in [-0.05, 0) is 68.7 Å². The standard InChI is InChI=1S/C24H31N5/c1-18-14-26-23(27-19(18)2)29-12-9-24(10-13-29)8-5-11-28(17-24)16-20-15-25-22-7-4-3-6-21(20)22/h3-4,6-7,14-15,25H,5,8-13,16-17H2,1-2H3. The fraction of sp³-hybridized carbons (Fsp3) is 0.500. The molecule has 0 bridgehead atoms. The quantitative estimate of drug-likeness (QED) is 0.719. The number of rotatable bonds is 3. The number of anilines is 1. The summed E-state index contributed by atoms with van der Waals surface area (Å²) in [6.07, 6.45) is 9.32. The highest BCUT2D eigenvalue weighted by atomic mass is 15.3. The van der Waals surface area contributed by atoms with Gasteiger partial charge in [0.15, 0.2) is 0 Å². The maximum Gasteiger partial charge on any atom is 0.225 e. The number of nitrogens with one attached hydrogen (secondary N) is 1. The highest BCUT2D eigenvalue weighted by Gasteiger charge is 2.38. The number of fused-ring (bicyclic) bond motifs is 1. The fourth-order valence-corrected chi connectivity index (χ4v) is 5.20. The van der Waals surface area contributed by atoms with Crippen molar-refractivity contribution in [2.45, 2.75) is 46.1 Å². The Morgan fingerprint density at radius 2 is 1.90 bits per heavy atom. The maximum atomic E-state index is 4.72. The molecular weight excluding hydrogens is 358 g/mol. The number of likely N-dealkylation sites (tertiary alicyclic amines) is 1. The molecule has 2 aliphatic heterocycles. The normalized spacial score (nSPS) is 19.9. The first-order chi connectivity index (χ1) is 14.1. The van der Waals surface area contributed by atoms with Crippen LogP contribution in [0.25, 0.3) is 10.9 Å². The highest BCUT2D eigenvalue weighted by Crippen LogP contribution is 2.41. The molecule has 1 aromatic carbocycles. The number of piperidine rings is 2. The minimum Gasteiger partial charge on any atom is -0.361 e. The Kier molecular flexibility index (Phi) is 4.78. The summed E-state index contributed by atoms with van der Waals surface area (Å²) in [5.74, 6) is 0.911. The third-order valence-electron chi connectivity index (χ3n) is 7.13. The van der Waals surface area contributed by atoms with Crippen molar-refractivity contribution in [1.82, 2.24) is 19.9 Å². The number of benzene rings is 1. The van der Waals surface area contributed by atoms with E-state index in [0.717, 1.165) is 31.3 Å². The van der Waals surface area contributed by atoms with E-state index in [1.54, 1.807) is 0 Å². The zero-order valence-corrected chi connectivity index (χ0v) is 17.6. The van der Waals surface area contributed by atoms with E-state index in [9.17, 15) is 0 Å². The van der Waals surface area contributed by atoms with Crippen molar-refractivity contribution in [2.75, 3.05) is 31.1 Å². The van der Waals surface area contributed by atoms with Gasteiger partial charge in [-0.15, -0.1) is 0 Å². The molecule has 4 heterocycles. The molecule has 1 N–H and O–H groups in total. The Hall–Kier alpha value is -2.40. The molecule has 2 aromatic heterocycles. The minimum absolute atomic E-state index is 0.459. The molecule has 152 valence electrons. The first-order valence-corrected chi connectivity index (χ1v) is 10.9. The predicted octanol–water partition coefficient (Wildman–Crippen LogP) is 4.46. The van der Waals surface area contributed by atoms with Crippen LogP contribution in [0.4, 0.5) is 5.95 Å². The summed E-state index contributed by atoms with van der Waals surface area (Å²) in [7, 11) is 0. The Bertz CT molecular complexity index is 999. The minimum atomic E-state index is 0.459. The van der Waals surface area contributed by atoms with Crippen LogP contribution < -0.4 is 4.90 Å². The molecular formula is C24H31N5. The van der Waals surface area contributed by atoms with Gasteiger partial charge in [-0.1, -0.05) is 18.2 Å². The third-order valence-corrected chi connectivity index (χ3v) is 7.13. The maximum absolute atomic E-state index is 4.72. The first-order valence-electron chi connectivity index (χ1n) is 10.9. The molecule has 3 aromatic rings. The summed E-state index contributed by atoms with van der Waals surface area (Å²) in [6, 6.07) is 8.65. The molecule has 2 saturated heterocycles. The number of hydrogen-bond donors (Lipinski definition) is 1. The summed E-state index contributed by atoms with van der Waals surface area (Å²) >= 11 is 0. The Morgan fingerprint density at radius 1 is 1.07 bits per heavy atom. The lowest BCUT2D eigenvalue weighted by Crippen LogP contribution is -2.49. The first kappa shape index (κ1) is 18.6. The number of hydrogen-bond acceptors (Lipinski definition) is 4. The largest absolute Gasteiger partial charge is 0.361 e. The summed E-state index contributed by atoms with van der Waals surface area (Å²) < 4.78 is 0. The number of aromatic amines is 1. The lowest BCUT2D eigenvalue weighted by atomic mass is 9.72. The number of aromatic nitrogens is 3. The number of aryl methyl sites for hydroxylation is 2. The van der Waals surface area contributed by atoms with E-state index in [1.165, 1.54) is 60.8 Å². The van der Waals surface area contributed by atoms with Crippen LogP contribution in [0.3, 0.4) is 0 Å². The second-order valence-corrected chi connectivity index (χ2v) is 9.10. The Labute approximate surface area is 173 Å². The molecule has 1 spiro atoms. The Morgan fingerprint density at radius 3 is 2.72 bits per heavy atom. The van der Waals surface area contributed by atoms with E-state index in [2.05, 4.69) is 64.1 Å². The molecule has 5 nitrogen and oxygen atoms in total. The number of nitrogens with zero attached hydrogens (tertiary/aromatic N) is 4. The highest BCUT2D eigenvalue weighted by molar-refractivity contribution is 5.82. The summed E-state index contributed by atoms with van der Waals surface area (Å²) in [5.41, 5.74) is 5.40. The van der Waals surface area contributed by atoms with Gasteiger partial charge < -0.3 is 9.88 Å². The second-order valence-electron chi connectivity index (χ2n) is 9.10. The van der Waals surface area contributed by atoms with Gasteiger partial charge in [-0.25, -0.2) is 9.97 Å². The van der Waals surface area contributed by atoms with Crippen LogP contribution in [0, 0.1) is 19.3 Å². The van der Waals surface area contributed by atoms with Gasteiger partial charge in [0.2, 0.25) is 5.95 Å². The van der Waals surface area contributed by atoms with Gasteiger partial charge in [0.1, 0.15) is 0 Å². The summed E-state index contributed by atoms with van der Waals surface area (Å²) in [5, 5.41) is 1.37. The van der Waals surface area contributed by atoms with E-state index in [-0.39, 0.29) is 0 Å². The van der Waals surface area contributed by atoms with Gasteiger partial charge in [-0.3, -0.25) is 4.90 Å². The molecule has 0 amide bonds. The van der Waals surface area contributed by atoms with Crippen molar-refractivity contribution >= 4 is 16.9 Å². The van der Waals surface area contributed by atoms with E-state index in [0.29, 0.717) is 5.41 Å². The average molecular weight is 390 g/mol. The molecule has 0 aliphatic carbocycles. The SMILES string of the molecule is Cc1cnc(N2CCC3(CCCN(Cc4c[nH]c5ccccc45)C3)CC2)nc1C. The van der Waals surface area contributed by atoms with Gasteiger partial charge in [0.05, 0.1) is 0 Å². The predicted molar refractivity (Wildman–Crippen MR) is 118 cm³/mol. The molecule has 5 heteroatoms. The van der Waals surface area contributed by atoms with Crippen molar-refractivity contribution in [1.29, 1.82) is 0 Å². The van der Waals surface area contributed by atoms with Crippen molar-refractivity contribution in [2.24, 2.45) is 5.41 Å². The summed E-state index contributed by atoms with van der Waals surface area (Å²) in [4.78, 5) is 17.8. The fourth-order valence-electron chi connectivity index (χ4n) is 5.20. The monoisotopic (exact) mass is 389 g/mol. The third kappa shape index (κ3) is 3.64. The molecule has 0 unspecified atom stereocenters. The molecule has 2 aliphatic rings. The van der Waals surface area contributed by atoms with E-state index >= 15 is 0 Å². The van der Waals surface area contributed by atoms with Crippen molar-refractivity contribution < 1.29 is 0 Å². The van der Waals surface area contributed by atoms with Crippen LogP contribution in [-0.4, -0.2) is 46.0 Å². The molecule has 29 heavy (non-hydrogen) atoms. The van der Waals surface area contributed by atoms with Gasteiger partial charge >= 0.3 is 0 Å². The van der Waals surface area contributed by atoms with Crippen LogP contribution in [0.2, 0.25) is 0 Å². The number of H-pyrrole nitrogens is 1. The smallest absolute Gasteiger partial charge is 0.225 e. The van der Waals surface area contributed by atoms with E-state index in [1.807, 2.05) is 6.20 Å². The van der Waals surface area contributed by atoms with Gasteiger partial charge in [0.25, 0.3) is 0 Å². The van der Waals surface area contributed by atoms with Crippen LogP contribution in [0.1, 0.15) is 42.5 Å². The second kappa shape index (κ2) is 7.45. The topological polar surface area (TPSA) is 48.1 Å². The zero-order valence-electron chi connectivity index (χ0n) is 17.6. The molecule has 5 rings (SSSR count). The zero-order chi connectivity index (χ0) is 19.8. The van der Waals surface area contributed by atoms with E-state index < -0.39 is 0 Å². The molecule has 0 atom stereocenters. The van der Waals surface area contributed by atoms with Crippen molar-refractivity contribution in [3.05, 3.63) is 53.5 Å². The molecule has 2 fully saturated rings. The average Bonchev–Trinajstić information content (AvgIpc) is 3.14. The Balaban J connectivity index is 1.25. The van der Waals surface area contributed by atoms with Crippen LogP contribution in [0.5, 0.6) is 0 Å². The van der Waals surface area contributed by atoms with Gasteiger partial charge in [0, 0.05) is 55.2 Å². The van der Waals surface area contributed by atoms with Crippen LogP contribution >= 0.6 is 0 Å². The van der Waals surface area contributed by atoms with Gasteiger partial charge in [-0.2, -0.15) is 0 Å². The van der Waals surface area contributed by atoms with E-state index in [4.69, 9.17) is 4.98 Å². The van der Waals surface area contributed by atoms with Crippen LogP contribution in [0.15, 0.2) is 36.7 Å². The van der Waals surface area contributed by atoms with Crippen molar-refractivity contribution in [3.63, 3.8) is 0 Å².